The van der Waals surface area contributed by atoms with Gasteiger partial charge in [0, 0.05) is 11.3 Å². The molecule has 0 saturated heterocycles. The van der Waals surface area contributed by atoms with Crippen molar-refractivity contribution in [2.24, 2.45) is 0 Å². The van der Waals surface area contributed by atoms with Gasteiger partial charge < -0.3 is 21.1 Å². The minimum Gasteiger partial charge on any atom is -0.479 e. The van der Waals surface area contributed by atoms with E-state index in [0.717, 1.165) is 0 Å². The fourth-order valence-corrected chi connectivity index (χ4v) is 1.27. The maximum absolute atomic E-state index is 10.5. The molecule has 1 rings (SSSR count). The average molecular weight is 222 g/mol. The van der Waals surface area contributed by atoms with Crippen LogP contribution in [0, 0.1) is 11.3 Å². The second-order valence-corrected chi connectivity index (χ2v) is 3.15. The Kier molecular flexibility index (Phi) is 3.45. The van der Waals surface area contributed by atoms with Crippen LogP contribution in [0.2, 0.25) is 0 Å². The molecule has 16 heavy (non-hydrogen) atoms. The van der Waals surface area contributed by atoms with E-state index >= 15 is 0 Å². The maximum atomic E-state index is 10.5. The summed E-state index contributed by atoms with van der Waals surface area (Å²) in [5.41, 5.74) is 5.57. The minimum atomic E-state index is -1.99. The van der Waals surface area contributed by atoms with Gasteiger partial charge in [0.05, 0.1) is 5.56 Å². The van der Waals surface area contributed by atoms with Crippen molar-refractivity contribution < 1.29 is 20.1 Å². The van der Waals surface area contributed by atoms with Gasteiger partial charge in [0.1, 0.15) is 12.2 Å². The van der Waals surface area contributed by atoms with Crippen LogP contribution in [0.3, 0.4) is 0 Å². The molecule has 0 amide bonds. The number of nitrogens with zero attached hydrogens (tertiary/aromatic N) is 1. The Morgan fingerprint density at radius 2 is 2.06 bits per heavy atom. The third kappa shape index (κ3) is 2.11. The standard InChI is InChI=1S/C10H10N2O4/c11-4-6-5(2-1-3-7(6)12)8(13)9(14)10(15)16/h1-3,8-9,13-14H,12H2,(H,15,16). The van der Waals surface area contributed by atoms with Crippen LogP contribution < -0.4 is 5.73 Å². The first-order chi connectivity index (χ1) is 7.49. The first kappa shape index (κ1) is 12.0. The van der Waals surface area contributed by atoms with Crippen molar-refractivity contribution in [1.29, 1.82) is 5.26 Å². The van der Waals surface area contributed by atoms with E-state index in [1.54, 1.807) is 6.07 Å². The Balaban J connectivity index is 3.19. The largest absolute Gasteiger partial charge is 0.479 e. The summed E-state index contributed by atoms with van der Waals surface area (Å²) in [6.07, 6.45) is -3.68. The van der Waals surface area contributed by atoms with Crippen LogP contribution in [0.15, 0.2) is 18.2 Å². The summed E-state index contributed by atoms with van der Waals surface area (Å²) in [7, 11) is 0. The van der Waals surface area contributed by atoms with Crippen LogP contribution in [-0.2, 0) is 4.79 Å². The molecule has 0 fully saturated rings. The summed E-state index contributed by atoms with van der Waals surface area (Å²) in [4.78, 5) is 10.5. The molecule has 0 saturated carbocycles. The number of aliphatic carboxylic acids is 1. The quantitative estimate of drug-likeness (QED) is 0.516. The Morgan fingerprint density at radius 1 is 1.44 bits per heavy atom. The fourth-order valence-electron chi connectivity index (χ4n) is 1.27. The molecule has 0 bridgehead atoms. The van der Waals surface area contributed by atoms with Gasteiger partial charge >= 0.3 is 5.97 Å². The number of nitrogens with two attached hydrogens (primary N) is 1. The molecule has 0 spiro atoms. The number of anilines is 1. The fraction of sp³-hybridized carbons (Fsp3) is 0.200. The van der Waals surface area contributed by atoms with Crippen molar-refractivity contribution in [2.45, 2.75) is 12.2 Å². The highest BCUT2D eigenvalue weighted by molar-refractivity contribution is 5.73. The summed E-state index contributed by atoms with van der Waals surface area (Å²) in [5.74, 6) is -1.57. The van der Waals surface area contributed by atoms with E-state index in [9.17, 15) is 9.90 Å². The molecular weight excluding hydrogens is 212 g/mol. The molecule has 1 aromatic carbocycles. The van der Waals surface area contributed by atoms with Crippen molar-refractivity contribution >= 4 is 11.7 Å². The highest BCUT2D eigenvalue weighted by Crippen LogP contribution is 2.24. The number of nitrogen functional groups attached to an aromatic ring is 1. The maximum Gasteiger partial charge on any atom is 0.335 e. The number of rotatable bonds is 3. The van der Waals surface area contributed by atoms with E-state index in [2.05, 4.69) is 0 Å². The van der Waals surface area contributed by atoms with Crippen LogP contribution >= 0.6 is 0 Å². The van der Waals surface area contributed by atoms with Gasteiger partial charge in [-0.2, -0.15) is 5.26 Å². The summed E-state index contributed by atoms with van der Waals surface area (Å²) < 4.78 is 0. The minimum absolute atomic E-state index is 0.00241. The van der Waals surface area contributed by atoms with Gasteiger partial charge in [-0.15, -0.1) is 0 Å². The number of aliphatic hydroxyl groups is 2. The number of aliphatic hydroxyl groups excluding tert-OH is 2. The van der Waals surface area contributed by atoms with Gasteiger partial charge in [-0.05, 0) is 6.07 Å². The number of carboxylic acids is 1. The molecular formula is C10H10N2O4. The zero-order valence-electron chi connectivity index (χ0n) is 8.16. The lowest BCUT2D eigenvalue weighted by Crippen LogP contribution is -2.28. The first-order valence-electron chi connectivity index (χ1n) is 4.36. The van der Waals surface area contributed by atoms with Crippen LogP contribution in [0.5, 0.6) is 0 Å². The molecule has 2 unspecified atom stereocenters. The van der Waals surface area contributed by atoms with Crippen LogP contribution in [-0.4, -0.2) is 27.4 Å². The van der Waals surface area contributed by atoms with E-state index in [1.807, 2.05) is 0 Å². The van der Waals surface area contributed by atoms with Gasteiger partial charge in [0.15, 0.2) is 6.10 Å². The molecule has 0 radical (unpaired) electrons. The lowest BCUT2D eigenvalue weighted by molar-refractivity contribution is -0.153. The average Bonchev–Trinajstić information content (AvgIpc) is 2.26. The molecule has 0 aromatic heterocycles. The number of hydrogen-bond donors (Lipinski definition) is 4. The molecule has 1 aromatic rings. The van der Waals surface area contributed by atoms with E-state index in [4.69, 9.17) is 21.2 Å². The Labute approximate surface area is 91.2 Å². The van der Waals surface area contributed by atoms with Gasteiger partial charge in [-0.1, -0.05) is 12.1 Å². The third-order valence-corrected chi connectivity index (χ3v) is 2.11. The molecule has 84 valence electrons. The Morgan fingerprint density at radius 3 is 2.56 bits per heavy atom. The zero-order chi connectivity index (χ0) is 12.3. The van der Waals surface area contributed by atoms with E-state index in [-0.39, 0.29) is 16.8 Å². The van der Waals surface area contributed by atoms with E-state index in [0.29, 0.717) is 0 Å². The van der Waals surface area contributed by atoms with Crippen molar-refractivity contribution in [2.75, 3.05) is 5.73 Å². The van der Waals surface area contributed by atoms with Gasteiger partial charge in [-0.3, -0.25) is 0 Å². The van der Waals surface area contributed by atoms with Gasteiger partial charge in [-0.25, -0.2) is 4.79 Å². The number of nitriles is 1. The molecule has 6 nitrogen and oxygen atoms in total. The second-order valence-electron chi connectivity index (χ2n) is 3.15. The number of carboxylic acid groups (broad SMARTS) is 1. The number of carbonyl (C=O) groups is 1. The summed E-state index contributed by atoms with van der Waals surface area (Å²) in [5, 5.41) is 36.0. The normalized spacial score (nSPS) is 13.8. The summed E-state index contributed by atoms with van der Waals surface area (Å²) in [6, 6.07) is 6.00. The van der Waals surface area contributed by atoms with Crippen molar-refractivity contribution in [3.8, 4) is 6.07 Å². The van der Waals surface area contributed by atoms with Gasteiger partial charge in [0.25, 0.3) is 0 Å². The lowest BCUT2D eigenvalue weighted by Gasteiger charge is -2.16. The predicted molar refractivity (Wildman–Crippen MR) is 54.2 cm³/mol. The highest BCUT2D eigenvalue weighted by Gasteiger charge is 2.27. The van der Waals surface area contributed by atoms with Crippen molar-refractivity contribution in [1.82, 2.24) is 0 Å². The molecule has 0 aliphatic carbocycles. The van der Waals surface area contributed by atoms with Crippen LogP contribution in [0.1, 0.15) is 17.2 Å². The highest BCUT2D eigenvalue weighted by atomic mass is 16.4. The Bertz CT molecular complexity index is 453. The van der Waals surface area contributed by atoms with Crippen LogP contribution in [0.25, 0.3) is 0 Å². The molecule has 6 heteroatoms. The molecule has 5 N–H and O–H groups in total. The third-order valence-electron chi connectivity index (χ3n) is 2.11. The first-order valence-corrected chi connectivity index (χ1v) is 4.36. The smallest absolute Gasteiger partial charge is 0.335 e. The summed E-state index contributed by atoms with van der Waals surface area (Å²) >= 11 is 0. The SMILES string of the molecule is N#Cc1c(N)cccc1C(O)C(O)C(=O)O. The van der Waals surface area contributed by atoms with E-state index < -0.39 is 18.2 Å². The van der Waals surface area contributed by atoms with Crippen molar-refractivity contribution in [3.63, 3.8) is 0 Å². The monoisotopic (exact) mass is 222 g/mol. The van der Waals surface area contributed by atoms with Gasteiger partial charge in [0.2, 0.25) is 0 Å². The lowest BCUT2D eigenvalue weighted by atomic mass is 9.98. The predicted octanol–water partition coefficient (Wildman–Crippen LogP) is -0.381. The van der Waals surface area contributed by atoms with E-state index in [1.165, 1.54) is 18.2 Å². The summed E-state index contributed by atoms with van der Waals surface area (Å²) in [6.45, 7) is 0. The van der Waals surface area contributed by atoms with Crippen LogP contribution in [0.4, 0.5) is 5.69 Å². The molecule has 0 aliphatic heterocycles. The number of hydrogen-bond acceptors (Lipinski definition) is 5. The topological polar surface area (TPSA) is 128 Å². The Hall–Kier alpha value is -2.10. The second kappa shape index (κ2) is 4.61. The molecule has 0 aliphatic rings. The molecule has 2 atom stereocenters. The van der Waals surface area contributed by atoms with Crippen molar-refractivity contribution in [3.05, 3.63) is 29.3 Å². The zero-order valence-corrected chi connectivity index (χ0v) is 8.16. The number of benzene rings is 1. The molecule has 0 heterocycles.